The van der Waals surface area contributed by atoms with Gasteiger partial charge in [0.25, 0.3) is 0 Å². The Morgan fingerprint density at radius 2 is 1.15 bits per heavy atom. The second kappa shape index (κ2) is 15.8. The summed E-state index contributed by atoms with van der Waals surface area (Å²) >= 11 is 0. The largest absolute Gasteiger partial charge is 0.493 e. The third-order valence-corrected chi connectivity index (χ3v) is 9.12. The molecule has 2 aromatic carbocycles. The molecule has 0 spiro atoms. The van der Waals surface area contributed by atoms with Gasteiger partial charge in [0.15, 0.2) is 23.0 Å². The molecule has 3 saturated heterocycles. The number of methoxy groups -OCH3 is 2. The lowest BCUT2D eigenvalue weighted by molar-refractivity contribution is -0.277. The van der Waals surface area contributed by atoms with E-state index in [0.717, 1.165) is 5.56 Å². The minimum Gasteiger partial charge on any atom is -0.493 e. The molecular formula is C32H44O16. The number of ether oxygens (including phenoxy) is 7. The lowest BCUT2D eigenvalue weighted by Crippen LogP contribution is -2.60. The number of aliphatic hydroxyl groups is 9. The van der Waals surface area contributed by atoms with Gasteiger partial charge in [0.05, 0.1) is 40.1 Å². The van der Waals surface area contributed by atoms with Gasteiger partial charge in [-0.3, -0.25) is 0 Å². The fourth-order valence-electron chi connectivity index (χ4n) is 6.30. The molecule has 5 rings (SSSR count). The normalized spacial score (nSPS) is 36.9. The molecule has 0 aromatic heterocycles. The van der Waals surface area contributed by atoms with Gasteiger partial charge in [0.2, 0.25) is 12.6 Å². The molecule has 3 fully saturated rings. The van der Waals surface area contributed by atoms with Gasteiger partial charge in [0.1, 0.15) is 48.8 Å². The quantitative estimate of drug-likeness (QED) is 0.113. The summed E-state index contributed by atoms with van der Waals surface area (Å²) in [7, 11) is 2.85. The van der Waals surface area contributed by atoms with E-state index in [-0.39, 0.29) is 35.7 Å². The molecule has 3 aliphatic heterocycles. The highest BCUT2D eigenvalue weighted by Crippen LogP contribution is 2.43. The molecule has 16 heteroatoms. The number of rotatable bonds is 12. The van der Waals surface area contributed by atoms with Crippen LogP contribution in [0.15, 0.2) is 36.4 Å². The van der Waals surface area contributed by atoms with Crippen molar-refractivity contribution >= 4 is 0 Å². The van der Waals surface area contributed by atoms with Crippen molar-refractivity contribution in [3.63, 3.8) is 0 Å². The highest BCUT2D eigenvalue weighted by atomic mass is 16.7. The average molecular weight is 685 g/mol. The fraction of sp³-hybridized carbons (Fsp3) is 0.625. The van der Waals surface area contributed by atoms with Crippen LogP contribution in [0.4, 0.5) is 0 Å². The van der Waals surface area contributed by atoms with Crippen molar-refractivity contribution in [3.8, 4) is 23.0 Å². The first kappa shape index (κ1) is 36.4. The van der Waals surface area contributed by atoms with Crippen LogP contribution in [0.2, 0.25) is 0 Å². The van der Waals surface area contributed by atoms with Crippen LogP contribution >= 0.6 is 0 Å². The van der Waals surface area contributed by atoms with Gasteiger partial charge >= 0.3 is 0 Å². The highest BCUT2D eigenvalue weighted by molar-refractivity contribution is 5.45. The number of benzene rings is 2. The van der Waals surface area contributed by atoms with Crippen molar-refractivity contribution in [2.24, 2.45) is 11.8 Å². The first-order valence-electron chi connectivity index (χ1n) is 15.6. The molecule has 0 bridgehead atoms. The summed E-state index contributed by atoms with van der Waals surface area (Å²) in [5.74, 6) is 0.496. The molecule has 3 heterocycles. The molecular weight excluding hydrogens is 640 g/mol. The lowest BCUT2D eigenvalue weighted by atomic mass is 9.84. The predicted molar refractivity (Wildman–Crippen MR) is 161 cm³/mol. The summed E-state index contributed by atoms with van der Waals surface area (Å²) in [4.78, 5) is 0. The van der Waals surface area contributed by atoms with Gasteiger partial charge in [-0.2, -0.15) is 0 Å². The van der Waals surface area contributed by atoms with Gasteiger partial charge in [0, 0.05) is 12.5 Å². The van der Waals surface area contributed by atoms with E-state index in [9.17, 15) is 46.0 Å². The van der Waals surface area contributed by atoms with E-state index in [1.807, 2.05) is 0 Å². The van der Waals surface area contributed by atoms with Gasteiger partial charge in [-0.25, -0.2) is 0 Å². The van der Waals surface area contributed by atoms with Crippen LogP contribution in [0, 0.1) is 11.8 Å². The van der Waals surface area contributed by atoms with Crippen molar-refractivity contribution in [3.05, 3.63) is 47.5 Å². The minimum atomic E-state index is -1.61. The topological polar surface area (TPSA) is 247 Å². The molecule has 0 radical (unpaired) electrons. The zero-order chi connectivity index (χ0) is 34.7. The van der Waals surface area contributed by atoms with Crippen LogP contribution in [0.3, 0.4) is 0 Å². The van der Waals surface area contributed by atoms with Gasteiger partial charge in [-0.1, -0.05) is 12.1 Å². The summed E-state index contributed by atoms with van der Waals surface area (Å²) in [6.45, 7) is -1.05. The molecule has 268 valence electrons. The second-order valence-electron chi connectivity index (χ2n) is 12.1. The van der Waals surface area contributed by atoms with Crippen molar-refractivity contribution in [2.75, 3.05) is 40.6 Å². The van der Waals surface area contributed by atoms with Crippen LogP contribution in [-0.2, 0) is 20.6 Å². The molecule has 0 unspecified atom stereocenters. The Morgan fingerprint density at radius 3 is 1.65 bits per heavy atom. The van der Waals surface area contributed by atoms with E-state index in [1.165, 1.54) is 14.2 Å². The third-order valence-electron chi connectivity index (χ3n) is 9.12. The van der Waals surface area contributed by atoms with E-state index in [0.29, 0.717) is 24.3 Å². The van der Waals surface area contributed by atoms with Crippen LogP contribution < -0.4 is 18.9 Å². The SMILES string of the molecule is COc1cc(C[C@H]2CO[C@@H](c3ccc(O[C@H]4O[C@@H](CO)[C@H](O)[C@@H](O)[C@@H]4O)c(OC)c3)[C@@H]2CO)ccc1O[C@@H]1O[C@H](CO)[C@H](O)[C@H](O)[C@@H]1O. The maximum atomic E-state index is 10.4. The second-order valence-corrected chi connectivity index (χ2v) is 12.1. The molecule has 0 amide bonds. The van der Waals surface area contributed by atoms with Crippen molar-refractivity contribution < 1.29 is 79.1 Å². The van der Waals surface area contributed by atoms with E-state index in [4.69, 9.17) is 33.2 Å². The van der Waals surface area contributed by atoms with Crippen LogP contribution in [0.25, 0.3) is 0 Å². The van der Waals surface area contributed by atoms with E-state index >= 15 is 0 Å². The molecule has 16 nitrogen and oxygen atoms in total. The van der Waals surface area contributed by atoms with Crippen LogP contribution in [-0.4, -0.2) is 148 Å². The molecule has 2 aromatic rings. The zero-order valence-electron chi connectivity index (χ0n) is 26.4. The Balaban J connectivity index is 1.26. The monoisotopic (exact) mass is 684 g/mol. The van der Waals surface area contributed by atoms with E-state index < -0.39 is 80.7 Å². The van der Waals surface area contributed by atoms with Crippen molar-refractivity contribution in [1.82, 2.24) is 0 Å². The summed E-state index contributed by atoms with van der Waals surface area (Å²) < 4.78 is 39.6. The molecule has 9 N–H and O–H groups in total. The molecule has 13 atom stereocenters. The highest BCUT2D eigenvalue weighted by Gasteiger charge is 2.46. The fourth-order valence-corrected chi connectivity index (χ4v) is 6.30. The van der Waals surface area contributed by atoms with Crippen LogP contribution in [0.1, 0.15) is 17.2 Å². The van der Waals surface area contributed by atoms with E-state index in [1.54, 1.807) is 36.4 Å². The Hall–Kier alpha value is -2.84. The number of aliphatic hydroxyl groups excluding tert-OH is 9. The Labute approximate surface area is 276 Å². The predicted octanol–water partition coefficient (Wildman–Crippen LogP) is -2.40. The smallest absolute Gasteiger partial charge is 0.229 e. The minimum absolute atomic E-state index is 0.113. The lowest BCUT2D eigenvalue weighted by Gasteiger charge is -2.39. The number of hydrogen-bond acceptors (Lipinski definition) is 16. The first-order valence-corrected chi connectivity index (χ1v) is 15.6. The Morgan fingerprint density at radius 1 is 0.625 bits per heavy atom. The summed E-state index contributed by atoms with van der Waals surface area (Å²) in [6.07, 6.45) is -14.5. The van der Waals surface area contributed by atoms with E-state index in [2.05, 4.69) is 0 Å². The Bertz CT molecular complexity index is 1340. The molecule has 0 saturated carbocycles. The van der Waals surface area contributed by atoms with Gasteiger partial charge < -0.3 is 79.1 Å². The van der Waals surface area contributed by atoms with Crippen molar-refractivity contribution in [2.45, 2.75) is 73.9 Å². The molecule has 48 heavy (non-hydrogen) atoms. The summed E-state index contributed by atoms with van der Waals surface area (Å²) in [5.41, 5.74) is 1.52. The maximum absolute atomic E-state index is 10.4. The standard InChI is InChI=1S/C32H44O16/c1-42-20-8-14(3-5-18(20)45-31-28(40)26(38)24(36)22(11-34)47-31)7-16-13-44-30(17(16)10-33)15-4-6-19(21(9-15)43-2)46-32-29(41)27(39)25(37)23(12-35)48-32/h3-6,8-9,16-17,22-41H,7,10-13H2,1-2H3/t16-,17+,22+,23-,24-,25-,26-,27+,28-,29-,30-,31+,32-/m0/s1. The summed E-state index contributed by atoms with van der Waals surface area (Å²) in [5, 5.41) is 90.4. The molecule has 0 aliphatic carbocycles. The Kier molecular flexibility index (Phi) is 12.0. The zero-order valence-corrected chi connectivity index (χ0v) is 26.4. The van der Waals surface area contributed by atoms with Gasteiger partial charge in [-0.05, 0) is 47.7 Å². The maximum Gasteiger partial charge on any atom is 0.229 e. The van der Waals surface area contributed by atoms with Crippen molar-refractivity contribution in [1.29, 1.82) is 0 Å². The third kappa shape index (κ3) is 7.35. The van der Waals surface area contributed by atoms with Gasteiger partial charge in [-0.15, -0.1) is 0 Å². The number of hydrogen-bond donors (Lipinski definition) is 9. The van der Waals surface area contributed by atoms with Crippen LogP contribution in [0.5, 0.6) is 23.0 Å². The summed E-state index contributed by atoms with van der Waals surface area (Å²) in [6, 6.07) is 10.1. The molecule has 3 aliphatic rings. The first-order chi connectivity index (χ1) is 23.0. The average Bonchev–Trinajstić information content (AvgIpc) is 3.51.